The number of hydrogen-bond acceptors (Lipinski definition) is 3. The van der Waals surface area contributed by atoms with Crippen molar-refractivity contribution in [3.63, 3.8) is 0 Å². The number of likely N-dealkylation sites (tertiary alicyclic amines) is 1. The van der Waals surface area contributed by atoms with Gasteiger partial charge in [0.1, 0.15) is 11.3 Å². The number of H-pyrrole nitrogens is 1. The summed E-state index contributed by atoms with van der Waals surface area (Å²) in [7, 11) is 1.64. The molecule has 2 heterocycles. The number of aromatic amines is 1. The van der Waals surface area contributed by atoms with Gasteiger partial charge in [-0.25, -0.2) is 4.79 Å². The topological polar surface area (TPSA) is 50.3 Å². The number of hydrogen-bond donors (Lipinski definition) is 1. The van der Waals surface area contributed by atoms with Gasteiger partial charge in [-0.1, -0.05) is 13.0 Å². The fourth-order valence-electron chi connectivity index (χ4n) is 3.13. The first-order chi connectivity index (χ1) is 9.72. The van der Waals surface area contributed by atoms with Gasteiger partial charge >= 0.3 is 5.69 Å². The minimum Gasteiger partial charge on any atom is -0.494 e. The molecule has 0 radical (unpaired) electrons. The van der Waals surface area contributed by atoms with E-state index in [1.54, 1.807) is 7.11 Å². The standard InChI is InChI=1S/C15H21N3O2/c1-3-17-8-7-11(9-17)10-18-14-12(16-15(18)19)5-4-6-13(14)20-2/h4-6,11H,3,7-10H2,1-2H3,(H,16,19). The summed E-state index contributed by atoms with van der Waals surface area (Å²) in [6, 6.07) is 5.72. The number of ether oxygens (including phenoxy) is 1. The monoisotopic (exact) mass is 275 g/mol. The zero-order valence-electron chi connectivity index (χ0n) is 12.1. The number of methoxy groups -OCH3 is 1. The maximum absolute atomic E-state index is 12.2. The molecule has 1 N–H and O–H groups in total. The molecule has 0 bridgehead atoms. The minimum absolute atomic E-state index is 0.0422. The lowest BCUT2D eigenvalue weighted by molar-refractivity contribution is 0.332. The Morgan fingerprint density at radius 1 is 1.45 bits per heavy atom. The molecule has 1 saturated heterocycles. The Labute approximate surface area is 118 Å². The summed E-state index contributed by atoms with van der Waals surface area (Å²) in [4.78, 5) is 17.5. The normalized spacial score (nSPS) is 19.8. The Morgan fingerprint density at radius 2 is 2.30 bits per heavy atom. The molecule has 1 fully saturated rings. The van der Waals surface area contributed by atoms with Crippen LogP contribution in [0.15, 0.2) is 23.0 Å². The van der Waals surface area contributed by atoms with Crippen molar-refractivity contribution >= 4 is 11.0 Å². The third-order valence-electron chi connectivity index (χ3n) is 4.23. The number of nitrogens with one attached hydrogen (secondary N) is 1. The molecule has 1 aromatic carbocycles. The van der Waals surface area contributed by atoms with E-state index in [0.29, 0.717) is 5.92 Å². The van der Waals surface area contributed by atoms with Crippen LogP contribution in [0.2, 0.25) is 0 Å². The molecule has 20 heavy (non-hydrogen) atoms. The highest BCUT2D eigenvalue weighted by Gasteiger charge is 2.23. The van der Waals surface area contributed by atoms with E-state index in [9.17, 15) is 4.79 Å². The van der Waals surface area contributed by atoms with Crippen molar-refractivity contribution in [1.82, 2.24) is 14.5 Å². The Bertz CT molecular complexity index is 659. The second kappa shape index (κ2) is 5.32. The summed E-state index contributed by atoms with van der Waals surface area (Å²) in [5.41, 5.74) is 1.69. The lowest BCUT2D eigenvalue weighted by Crippen LogP contribution is -2.25. The van der Waals surface area contributed by atoms with Crippen LogP contribution in [0, 0.1) is 5.92 Å². The first kappa shape index (κ1) is 13.2. The third kappa shape index (κ3) is 2.22. The number of aromatic nitrogens is 2. The Kier molecular flexibility index (Phi) is 3.53. The van der Waals surface area contributed by atoms with Gasteiger partial charge in [-0.3, -0.25) is 4.57 Å². The van der Waals surface area contributed by atoms with Gasteiger partial charge in [0.2, 0.25) is 0 Å². The molecule has 1 aliphatic heterocycles. The van der Waals surface area contributed by atoms with Crippen molar-refractivity contribution in [2.75, 3.05) is 26.7 Å². The summed E-state index contributed by atoms with van der Waals surface area (Å²) >= 11 is 0. The number of para-hydroxylation sites is 1. The summed E-state index contributed by atoms with van der Waals surface area (Å²) in [6.07, 6.45) is 1.15. The molecule has 108 valence electrons. The Hall–Kier alpha value is -1.75. The zero-order valence-corrected chi connectivity index (χ0v) is 12.1. The summed E-state index contributed by atoms with van der Waals surface area (Å²) in [5, 5.41) is 0. The molecule has 5 heteroatoms. The second-order valence-corrected chi connectivity index (χ2v) is 5.45. The van der Waals surface area contributed by atoms with Crippen molar-refractivity contribution < 1.29 is 4.74 Å². The predicted octanol–water partition coefficient (Wildman–Crippen LogP) is 1.68. The average Bonchev–Trinajstić information content (AvgIpc) is 3.04. The molecule has 3 rings (SSSR count). The van der Waals surface area contributed by atoms with Gasteiger partial charge < -0.3 is 14.6 Å². The van der Waals surface area contributed by atoms with Gasteiger partial charge in [0.25, 0.3) is 0 Å². The average molecular weight is 275 g/mol. The van der Waals surface area contributed by atoms with Crippen molar-refractivity contribution in [2.45, 2.75) is 19.9 Å². The number of benzene rings is 1. The van der Waals surface area contributed by atoms with Crippen LogP contribution in [0.1, 0.15) is 13.3 Å². The van der Waals surface area contributed by atoms with Gasteiger partial charge in [0.05, 0.1) is 12.6 Å². The van der Waals surface area contributed by atoms with E-state index in [1.165, 1.54) is 0 Å². The lowest BCUT2D eigenvalue weighted by Gasteiger charge is -2.14. The van der Waals surface area contributed by atoms with Crippen molar-refractivity contribution in [1.29, 1.82) is 0 Å². The zero-order chi connectivity index (χ0) is 14.1. The van der Waals surface area contributed by atoms with E-state index >= 15 is 0 Å². The molecule has 2 aromatic rings. The van der Waals surface area contributed by atoms with E-state index in [2.05, 4.69) is 16.8 Å². The molecule has 1 atom stereocenters. The fourth-order valence-corrected chi connectivity index (χ4v) is 3.13. The van der Waals surface area contributed by atoms with Crippen LogP contribution in [0.5, 0.6) is 5.75 Å². The Balaban J connectivity index is 1.95. The largest absolute Gasteiger partial charge is 0.494 e. The van der Waals surface area contributed by atoms with E-state index < -0.39 is 0 Å². The summed E-state index contributed by atoms with van der Waals surface area (Å²) in [6.45, 7) is 6.24. The van der Waals surface area contributed by atoms with Crippen LogP contribution in [-0.4, -0.2) is 41.2 Å². The van der Waals surface area contributed by atoms with Gasteiger partial charge in [0, 0.05) is 13.1 Å². The number of rotatable bonds is 4. The molecule has 0 saturated carbocycles. The molecule has 0 aliphatic carbocycles. The van der Waals surface area contributed by atoms with Gasteiger partial charge in [-0.05, 0) is 37.6 Å². The molecule has 1 aromatic heterocycles. The van der Waals surface area contributed by atoms with Crippen LogP contribution >= 0.6 is 0 Å². The van der Waals surface area contributed by atoms with Crippen LogP contribution < -0.4 is 10.4 Å². The van der Waals surface area contributed by atoms with E-state index in [1.807, 2.05) is 22.8 Å². The number of nitrogens with zero attached hydrogens (tertiary/aromatic N) is 2. The maximum Gasteiger partial charge on any atom is 0.326 e. The van der Waals surface area contributed by atoms with E-state index in [-0.39, 0.29) is 5.69 Å². The highest BCUT2D eigenvalue weighted by molar-refractivity contribution is 5.81. The highest BCUT2D eigenvalue weighted by Crippen LogP contribution is 2.25. The predicted molar refractivity (Wildman–Crippen MR) is 79.3 cm³/mol. The molecule has 0 amide bonds. The summed E-state index contributed by atoms with van der Waals surface area (Å²) < 4.78 is 7.23. The molecule has 0 spiro atoms. The fraction of sp³-hybridized carbons (Fsp3) is 0.533. The first-order valence-electron chi connectivity index (χ1n) is 7.20. The van der Waals surface area contributed by atoms with E-state index in [4.69, 9.17) is 4.74 Å². The molecular formula is C15H21N3O2. The SMILES string of the molecule is CCN1CCC(Cn2c(=O)[nH]c3cccc(OC)c32)C1. The third-order valence-corrected chi connectivity index (χ3v) is 4.23. The second-order valence-electron chi connectivity index (χ2n) is 5.45. The molecular weight excluding hydrogens is 254 g/mol. The van der Waals surface area contributed by atoms with Crippen molar-refractivity contribution in [2.24, 2.45) is 5.92 Å². The smallest absolute Gasteiger partial charge is 0.326 e. The number of imidazole rings is 1. The van der Waals surface area contributed by atoms with Gasteiger partial charge in [0.15, 0.2) is 0 Å². The van der Waals surface area contributed by atoms with Crippen molar-refractivity contribution in [3.05, 3.63) is 28.7 Å². The number of fused-ring (bicyclic) bond motifs is 1. The minimum atomic E-state index is -0.0422. The summed E-state index contributed by atoms with van der Waals surface area (Å²) in [5.74, 6) is 1.29. The van der Waals surface area contributed by atoms with E-state index in [0.717, 1.165) is 49.4 Å². The van der Waals surface area contributed by atoms with Crippen LogP contribution in [0.25, 0.3) is 11.0 Å². The first-order valence-corrected chi connectivity index (χ1v) is 7.20. The molecule has 1 unspecified atom stereocenters. The van der Waals surface area contributed by atoms with Gasteiger partial charge in [-0.15, -0.1) is 0 Å². The molecule has 1 aliphatic rings. The molecule has 5 nitrogen and oxygen atoms in total. The lowest BCUT2D eigenvalue weighted by atomic mass is 10.1. The highest BCUT2D eigenvalue weighted by atomic mass is 16.5. The maximum atomic E-state index is 12.2. The van der Waals surface area contributed by atoms with Crippen molar-refractivity contribution in [3.8, 4) is 5.75 Å². The van der Waals surface area contributed by atoms with Crippen LogP contribution in [0.4, 0.5) is 0 Å². The van der Waals surface area contributed by atoms with Gasteiger partial charge in [-0.2, -0.15) is 0 Å². The Morgan fingerprint density at radius 3 is 3.00 bits per heavy atom. The van der Waals surface area contributed by atoms with Crippen LogP contribution in [-0.2, 0) is 6.54 Å². The van der Waals surface area contributed by atoms with Crippen LogP contribution in [0.3, 0.4) is 0 Å². The quantitative estimate of drug-likeness (QED) is 0.923.